The summed E-state index contributed by atoms with van der Waals surface area (Å²) < 4.78 is 5.12. The Morgan fingerprint density at radius 3 is 2.81 bits per heavy atom. The average Bonchev–Trinajstić information content (AvgIpc) is 2.75. The first-order valence-corrected chi connectivity index (χ1v) is 6.60. The van der Waals surface area contributed by atoms with Crippen LogP contribution >= 0.6 is 15.9 Å². The fraction of sp³-hybridized carbons (Fsp3) is 0.636. The van der Waals surface area contributed by atoms with Gasteiger partial charge in [0, 0.05) is 18.4 Å². The van der Waals surface area contributed by atoms with Crippen molar-refractivity contribution in [3.05, 3.63) is 17.8 Å². The summed E-state index contributed by atoms with van der Waals surface area (Å²) in [6.45, 7) is 3.42. The van der Waals surface area contributed by atoms with Crippen LogP contribution in [0.3, 0.4) is 0 Å². The molecule has 16 heavy (non-hydrogen) atoms. The first-order chi connectivity index (χ1) is 7.72. The predicted octanol–water partition coefficient (Wildman–Crippen LogP) is 2.23. The van der Waals surface area contributed by atoms with E-state index in [9.17, 15) is 4.79 Å². The number of likely N-dealkylation sites (tertiary alicyclic amines) is 1. The van der Waals surface area contributed by atoms with E-state index < -0.39 is 0 Å². The number of nitrogens with zero attached hydrogens (tertiary/aromatic N) is 2. The van der Waals surface area contributed by atoms with Crippen LogP contribution in [-0.2, 0) is 0 Å². The van der Waals surface area contributed by atoms with Crippen molar-refractivity contribution in [3.63, 3.8) is 0 Å². The van der Waals surface area contributed by atoms with E-state index in [0.717, 1.165) is 31.3 Å². The SMILES string of the molecule is Cc1ncoc1C(=O)N1CCC(CBr)CC1. The van der Waals surface area contributed by atoms with Crippen molar-refractivity contribution in [1.82, 2.24) is 9.88 Å². The largest absolute Gasteiger partial charge is 0.438 e. The number of hydrogen-bond donors (Lipinski definition) is 0. The predicted molar refractivity (Wildman–Crippen MR) is 63.7 cm³/mol. The van der Waals surface area contributed by atoms with Crippen molar-refractivity contribution in [2.24, 2.45) is 5.92 Å². The molecule has 4 nitrogen and oxygen atoms in total. The van der Waals surface area contributed by atoms with Crippen LogP contribution < -0.4 is 0 Å². The van der Waals surface area contributed by atoms with E-state index >= 15 is 0 Å². The van der Waals surface area contributed by atoms with Crippen LogP contribution in [0.4, 0.5) is 0 Å². The van der Waals surface area contributed by atoms with E-state index in [2.05, 4.69) is 20.9 Å². The molecule has 0 saturated carbocycles. The number of rotatable bonds is 2. The van der Waals surface area contributed by atoms with Crippen molar-refractivity contribution in [3.8, 4) is 0 Å². The van der Waals surface area contributed by atoms with Crippen molar-refractivity contribution < 1.29 is 9.21 Å². The summed E-state index contributed by atoms with van der Waals surface area (Å²) in [7, 11) is 0. The Balaban J connectivity index is 2.00. The molecule has 2 heterocycles. The van der Waals surface area contributed by atoms with E-state index in [1.807, 2.05) is 4.90 Å². The maximum atomic E-state index is 12.1. The molecule has 0 unspecified atom stereocenters. The molecular weight excluding hydrogens is 272 g/mol. The quantitative estimate of drug-likeness (QED) is 0.784. The molecule has 0 N–H and O–H groups in total. The van der Waals surface area contributed by atoms with Crippen molar-refractivity contribution in [2.45, 2.75) is 19.8 Å². The third-order valence-corrected chi connectivity index (χ3v) is 3.98. The van der Waals surface area contributed by atoms with Gasteiger partial charge in [0.15, 0.2) is 6.39 Å². The van der Waals surface area contributed by atoms with Gasteiger partial charge in [-0.05, 0) is 25.7 Å². The van der Waals surface area contributed by atoms with Gasteiger partial charge in [0.05, 0.1) is 5.69 Å². The van der Waals surface area contributed by atoms with Crippen LogP contribution in [0.2, 0.25) is 0 Å². The van der Waals surface area contributed by atoms with Gasteiger partial charge in [0.25, 0.3) is 5.91 Å². The number of aryl methyl sites for hydroxylation is 1. The highest BCUT2D eigenvalue weighted by Gasteiger charge is 2.25. The number of hydrogen-bond acceptors (Lipinski definition) is 3. The lowest BCUT2D eigenvalue weighted by Gasteiger charge is -2.30. The van der Waals surface area contributed by atoms with Crippen LogP contribution in [0.1, 0.15) is 29.1 Å². The minimum Gasteiger partial charge on any atom is -0.438 e. The van der Waals surface area contributed by atoms with Crippen LogP contribution in [0.15, 0.2) is 10.8 Å². The number of piperidine rings is 1. The van der Waals surface area contributed by atoms with Crippen molar-refractivity contribution >= 4 is 21.8 Å². The number of carbonyl (C=O) groups is 1. The van der Waals surface area contributed by atoms with E-state index in [1.54, 1.807) is 6.92 Å². The zero-order valence-electron chi connectivity index (χ0n) is 9.28. The summed E-state index contributed by atoms with van der Waals surface area (Å²) >= 11 is 3.49. The van der Waals surface area contributed by atoms with Crippen LogP contribution in [0.25, 0.3) is 0 Å². The summed E-state index contributed by atoms with van der Waals surface area (Å²) in [5.41, 5.74) is 0.674. The fourth-order valence-corrected chi connectivity index (χ4v) is 2.59. The van der Waals surface area contributed by atoms with Crippen LogP contribution in [0, 0.1) is 12.8 Å². The number of amides is 1. The summed E-state index contributed by atoms with van der Waals surface area (Å²) in [5, 5.41) is 1.02. The van der Waals surface area contributed by atoms with Gasteiger partial charge in [-0.15, -0.1) is 0 Å². The van der Waals surface area contributed by atoms with Gasteiger partial charge >= 0.3 is 0 Å². The lowest BCUT2D eigenvalue weighted by Crippen LogP contribution is -2.38. The molecule has 0 spiro atoms. The molecule has 1 aliphatic heterocycles. The van der Waals surface area contributed by atoms with Gasteiger partial charge < -0.3 is 9.32 Å². The van der Waals surface area contributed by atoms with E-state index in [4.69, 9.17) is 4.42 Å². The monoisotopic (exact) mass is 286 g/mol. The standard InChI is InChI=1S/C11H15BrN2O2/c1-8-10(16-7-13-8)11(15)14-4-2-9(6-12)3-5-14/h7,9H,2-6H2,1H3. The second kappa shape index (κ2) is 4.99. The zero-order valence-corrected chi connectivity index (χ0v) is 10.9. The molecule has 0 radical (unpaired) electrons. The lowest BCUT2D eigenvalue weighted by molar-refractivity contribution is 0.0666. The maximum Gasteiger partial charge on any atom is 0.291 e. The minimum atomic E-state index is -0.0250. The molecule has 0 aliphatic carbocycles. The summed E-state index contributed by atoms with van der Waals surface area (Å²) in [6.07, 6.45) is 3.45. The smallest absolute Gasteiger partial charge is 0.291 e. The Labute approximate surface area is 103 Å². The first kappa shape index (κ1) is 11.6. The number of carbonyl (C=O) groups excluding carboxylic acids is 1. The molecule has 1 aromatic rings. The Hall–Kier alpha value is -0.840. The fourth-order valence-electron chi connectivity index (χ4n) is 1.94. The first-order valence-electron chi connectivity index (χ1n) is 5.47. The third kappa shape index (κ3) is 2.29. The van der Waals surface area contributed by atoms with Crippen molar-refractivity contribution in [1.29, 1.82) is 0 Å². The van der Waals surface area contributed by atoms with E-state index in [-0.39, 0.29) is 5.91 Å². The lowest BCUT2D eigenvalue weighted by atomic mass is 9.99. The van der Waals surface area contributed by atoms with E-state index in [1.165, 1.54) is 6.39 Å². The van der Waals surface area contributed by atoms with E-state index in [0.29, 0.717) is 17.4 Å². The number of halogens is 1. The topological polar surface area (TPSA) is 46.3 Å². The Morgan fingerprint density at radius 2 is 2.31 bits per heavy atom. The van der Waals surface area contributed by atoms with Crippen LogP contribution in [-0.4, -0.2) is 34.2 Å². The zero-order chi connectivity index (χ0) is 11.5. The molecule has 1 aliphatic rings. The molecular formula is C11H15BrN2O2. The summed E-state index contributed by atoms with van der Waals surface area (Å²) in [6, 6.07) is 0. The Bertz CT molecular complexity index is 370. The minimum absolute atomic E-state index is 0.0250. The second-order valence-electron chi connectivity index (χ2n) is 4.16. The van der Waals surface area contributed by atoms with Gasteiger partial charge in [-0.25, -0.2) is 4.98 Å². The summed E-state index contributed by atoms with van der Waals surface area (Å²) in [5.74, 6) is 1.06. The van der Waals surface area contributed by atoms with Crippen LogP contribution in [0.5, 0.6) is 0 Å². The highest BCUT2D eigenvalue weighted by atomic mass is 79.9. The Morgan fingerprint density at radius 1 is 1.62 bits per heavy atom. The number of alkyl halides is 1. The van der Waals surface area contributed by atoms with Gasteiger partial charge in [-0.1, -0.05) is 15.9 Å². The number of oxazole rings is 1. The summed E-state index contributed by atoms with van der Waals surface area (Å²) in [4.78, 5) is 17.9. The van der Waals surface area contributed by atoms with Crippen molar-refractivity contribution in [2.75, 3.05) is 18.4 Å². The highest BCUT2D eigenvalue weighted by Crippen LogP contribution is 2.21. The third-order valence-electron chi connectivity index (χ3n) is 3.06. The molecule has 1 saturated heterocycles. The normalized spacial score (nSPS) is 17.8. The van der Waals surface area contributed by atoms with Gasteiger partial charge in [0.2, 0.25) is 5.76 Å². The molecule has 88 valence electrons. The van der Waals surface area contributed by atoms with Gasteiger partial charge in [-0.3, -0.25) is 4.79 Å². The molecule has 1 aromatic heterocycles. The van der Waals surface area contributed by atoms with Gasteiger partial charge in [0.1, 0.15) is 0 Å². The molecule has 0 atom stereocenters. The second-order valence-corrected chi connectivity index (χ2v) is 4.80. The maximum absolute atomic E-state index is 12.1. The average molecular weight is 287 g/mol. The Kier molecular flexibility index (Phi) is 3.63. The number of aromatic nitrogens is 1. The molecule has 1 amide bonds. The molecule has 1 fully saturated rings. The molecule has 5 heteroatoms. The molecule has 2 rings (SSSR count). The molecule has 0 aromatic carbocycles. The molecule has 0 bridgehead atoms. The van der Waals surface area contributed by atoms with Gasteiger partial charge in [-0.2, -0.15) is 0 Å². The highest BCUT2D eigenvalue weighted by molar-refractivity contribution is 9.09.